The van der Waals surface area contributed by atoms with E-state index in [2.05, 4.69) is 10.6 Å². The van der Waals surface area contributed by atoms with Crippen LogP contribution in [-0.4, -0.2) is 32.2 Å². The van der Waals surface area contributed by atoms with Gasteiger partial charge in [0.1, 0.15) is 0 Å². The van der Waals surface area contributed by atoms with Crippen molar-refractivity contribution in [2.75, 3.05) is 26.2 Å². The number of primary amides is 1. The van der Waals surface area contributed by atoms with Crippen LogP contribution in [-0.2, 0) is 0 Å². The quantitative estimate of drug-likeness (QED) is 0.382. The molecule has 2 amide bonds. The van der Waals surface area contributed by atoms with Crippen LogP contribution in [0.5, 0.6) is 0 Å². The number of rotatable bonds is 8. The van der Waals surface area contributed by atoms with E-state index in [-0.39, 0.29) is 0 Å². The van der Waals surface area contributed by atoms with E-state index >= 15 is 0 Å². The number of nitrogens with one attached hydrogen (secondary N) is 2. The van der Waals surface area contributed by atoms with Crippen LogP contribution < -0.4 is 22.1 Å². The lowest BCUT2D eigenvalue weighted by Crippen LogP contribution is -2.31. The topological polar surface area (TPSA) is 93.2 Å². The second kappa shape index (κ2) is 9.28. The molecule has 0 aliphatic rings. The van der Waals surface area contributed by atoms with Gasteiger partial charge in [-0.2, -0.15) is 0 Å². The van der Waals surface area contributed by atoms with Crippen molar-refractivity contribution in [2.45, 2.75) is 19.3 Å². The lowest BCUT2D eigenvalue weighted by Gasteiger charge is -2.04. The summed E-state index contributed by atoms with van der Waals surface area (Å²) in [5, 5.41) is 5.77. The van der Waals surface area contributed by atoms with Gasteiger partial charge in [0.2, 0.25) is 0 Å². The van der Waals surface area contributed by atoms with Gasteiger partial charge in [0.15, 0.2) is 0 Å². The molecule has 0 aromatic heterocycles. The first kappa shape index (κ1) is 12.2. The Balaban J connectivity index is 2.87. The summed E-state index contributed by atoms with van der Waals surface area (Å²) < 4.78 is 0. The summed E-state index contributed by atoms with van der Waals surface area (Å²) in [5.74, 6) is 0. The number of hydrogen-bond acceptors (Lipinski definition) is 3. The molecule has 0 fully saturated rings. The zero-order valence-corrected chi connectivity index (χ0v) is 8.01. The number of urea groups is 1. The summed E-state index contributed by atoms with van der Waals surface area (Å²) in [7, 11) is 0. The Hall–Kier alpha value is -0.810. The van der Waals surface area contributed by atoms with Gasteiger partial charge in [-0.3, -0.25) is 0 Å². The number of amides is 2. The van der Waals surface area contributed by atoms with Crippen molar-refractivity contribution in [1.29, 1.82) is 0 Å². The fraction of sp³-hybridized carbons (Fsp3) is 0.875. The highest BCUT2D eigenvalue weighted by Crippen LogP contribution is 1.82. The Bertz CT molecular complexity index is 129. The molecule has 0 saturated heterocycles. The second-order valence-electron chi connectivity index (χ2n) is 2.89. The largest absolute Gasteiger partial charge is 0.352 e. The van der Waals surface area contributed by atoms with Gasteiger partial charge in [0.05, 0.1) is 0 Å². The Morgan fingerprint density at radius 2 is 1.77 bits per heavy atom. The minimum Gasteiger partial charge on any atom is -0.352 e. The summed E-state index contributed by atoms with van der Waals surface area (Å²) in [5.41, 5.74) is 10.2. The van der Waals surface area contributed by atoms with Crippen LogP contribution in [0.1, 0.15) is 19.3 Å². The van der Waals surface area contributed by atoms with Crippen LogP contribution in [0, 0.1) is 0 Å². The first-order valence-electron chi connectivity index (χ1n) is 4.71. The molecule has 0 aliphatic carbocycles. The normalized spacial score (nSPS) is 9.92. The predicted octanol–water partition coefficient (Wildman–Crippen LogP) is -0.627. The minimum absolute atomic E-state index is 0.455. The minimum atomic E-state index is -0.455. The average molecular weight is 188 g/mol. The summed E-state index contributed by atoms with van der Waals surface area (Å²) in [4.78, 5) is 10.3. The fourth-order valence-corrected chi connectivity index (χ4v) is 0.944. The summed E-state index contributed by atoms with van der Waals surface area (Å²) >= 11 is 0. The highest BCUT2D eigenvalue weighted by Gasteiger charge is 1.91. The van der Waals surface area contributed by atoms with E-state index in [0.717, 1.165) is 38.9 Å². The van der Waals surface area contributed by atoms with Crippen molar-refractivity contribution < 1.29 is 4.79 Å². The first-order chi connectivity index (χ1) is 6.27. The van der Waals surface area contributed by atoms with Crippen LogP contribution in [0.15, 0.2) is 0 Å². The average Bonchev–Trinajstić information content (AvgIpc) is 2.09. The molecule has 0 bridgehead atoms. The fourth-order valence-electron chi connectivity index (χ4n) is 0.944. The third-order valence-corrected chi connectivity index (χ3v) is 1.64. The van der Waals surface area contributed by atoms with E-state index < -0.39 is 6.03 Å². The standard InChI is InChI=1S/C8H20N4O/c9-4-1-2-5-11-6-3-7-12-8(10)13/h11H,1-7,9H2,(H3,10,12,13). The highest BCUT2D eigenvalue weighted by atomic mass is 16.2. The van der Waals surface area contributed by atoms with Gasteiger partial charge in [0.25, 0.3) is 0 Å². The van der Waals surface area contributed by atoms with Gasteiger partial charge in [-0.1, -0.05) is 0 Å². The monoisotopic (exact) mass is 188 g/mol. The molecule has 0 saturated carbocycles. The number of hydrogen-bond donors (Lipinski definition) is 4. The van der Waals surface area contributed by atoms with Gasteiger partial charge < -0.3 is 22.1 Å². The zero-order valence-electron chi connectivity index (χ0n) is 8.01. The molecule has 78 valence electrons. The number of unbranched alkanes of at least 4 members (excludes halogenated alkanes) is 1. The summed E-state index contributed by atoms with van der Waals surface area (Å²) in [6, 6.07) is -0.455. The maximum atomic E-state index is 10.3. The molecular formula is C8H20N4O. The SMILES string of the molecule is NCCCCNCCCNC(N)=O. The molecule has 0 heterocycles. The smallest absolute Gasteiger partial charge is 0.312 e. The third kappa shape index (κ3) is 11.2. The maximum absolute atomic E-state index is 10.3. The van der Waals surface area contributed by atoms with Crippen molar-refractivity contribution in [2.24, 2.45) is 11.5 Å². The van der Waals surface area contributed by atoms with Crippen molar-refractivity contribution in [3.05, 3.63) is 0 Å². The Morgan fingerprint density at radius 3 is 2.38 bits per heavy atom. The van der Waals surface area contributed by atoms with Crippen molar-refractivity contribution in [1.82, 2.24) is 10.6 Å². The maximum Gasteiger partial charge on any atom is 0.312 e. The van der Waals surface area contributed by atoms with Crippen LogP contribution in [0.3, 0.4) is 0 Å². The van der Waals surface area contributed by atoms with E-state index in [1.807, 2.05) is 0 Å². The van der Waals surface area contributed by atoms with Gasteiger partial charge in [0, 0.05) is 6.54 Å². The molecule has 5 heteroatoms. The van der Waals surface area contributed by atoms with Gasteiger partial charge in [-0.25, -0.2) is 4.79 Å². The number of carbonyl (C=O) groups excluding carboxylic acids is 1. The van der Waals surface area contributed by atoms with Crippen LogP contribution >= 0.6 is 0 Å². The summed E-state index contributed by atoms with van der Waals surface area (Å²) in [6.45, 7) is 3.29. The van der Waals surface area contributed by atoms with E-state index in [9.17, 15) is 4.79 Å². The van der Waals surface area contributed by atoms with E-state index in [1.54, 1.807) is 0 Å². The van der Waals surface area contributed by atoms with Gasteiger partial charge >= 0.3 is 6.03 Å². The Kier molecular flexibility index (Phi) is 8.70. The molecule has 0 aromatic rings. The van der Waals surface area contributed by atoms with Crippen molar-refractivity contribution >= 4 is 6.03 Å². The molecule has 0 rings (SSSR count). The number of nitrogens with two attached hydrogens (primary N) is 2. The molecule has 6 N–H and O–H groups in total. The van der Waals surface area contributed by atoms with E-state index in [0.29, 0.717) is 6.54 Å². The number of carbonyl (C=O) groups is 1. The van der Waals surface area contributed by atoms with Crippen molar-refractivity contribution in [3.63, 3.8) is 0 Å². The highest BCUT2D eigenvalue weighted by molar-refractivity contribution is 5.71. The molecule has 0 aliphatic heterocycles. The molecular weight excluding hydrogens is 168 g/mol. The van der Waals surface area contributed by atoms with E-state index in [1.165, 1.54) is 0 Å². The van der Waals surface area contributed by atoms with Crippen LogP contribution in [0.25, 0.3) is 0 Å². The van der Waals surface area contributed by atoms with Gasteiger partial charge in [-0.15, -0.1) is 0 Å². The van der Waals surface area contributed by atoms with Crippen molar-refractivity contribution in [3.8, 4) is 0 Å². The summed E-state index contributed by atoms with van der Waals surface area (Å²) in [6.07, 6.45) is 3.08. The molecule has 0 aromatic carbocycles. The Morgan fingerprint density at radius 1 is 1.08 bits per heavy atom. The zero-order chi connectivity index (χ0) is 9.94. The molecule has 0 unspecified atom stereocenters. The molecule has 5 nitrogen and oxygen atoms in total. The third-order valence-electron chi connectivity index (χ3n) is 1.64. The predicted molar refractivity (Wildman–Crippen MR) is 53.4 cm³/mol. The second-order valence-corrected chi connectivity index (χ2v) is 2.89. The molecule has 0 radical (unpaired) electrons. The molecule has 13 heavy (non-hydrogen) atoms. The van der Waals surface area contributed by atoms with Gasteiger partial charge in [-0.05, 0) is 38.9 Å². The molecule has 0 spiro atoms. The lowest BCUT2D eigenvalue weighted by molar-refractivity contribution is 0.249. The Labute approximate surface area is 79.2 Å². The lowest BCUT2D eigenvalue weighted by atomic mass is 10.3. The van der Waals surface area contributed by atoms with Crippen LogP contribution in [0.4, 0.5) is 4.79 Å². The molecule has 0 atom stereocenters. The van der Waals surface area contributed by atoms with E-state index in [4.69, 9.17) is 11.5 Å². The van der Waals surface area contributed by atoms with Crippen LogP contribution in [0.2, 0.25) is 0 Å². The first-order valence-corrected chi connectivity index (χ1v) is 4.71.